The van der Waals surface area contributed by atoms with Gasteiger partial charge in [0.05, 0.1) is 66.1 Å². The molecule has 0 saturated heterocycles. The lowest BCUT2D eigenvalue weighted by molar-refractivity contribution is 0.00474. The second-order valence-electron chi connectivity index (χ2n) is 12.8. The molecule has 0 saturated carbocycles. The second-order valence-corrected chi connectivity index (χ2v) is 12.8. The summed E-state index contributed by atoms with van der Waals surface area (Å²) < 4.78 is 55.6. The van der Waals surface area contributed by atoms with Gasteiger partial charge in [0.25, 0.3) is 0 Å². The lowest BCUT2D eigenvalue weighted by Gasteiger charge is -2.23. The van der Waals surface area contributed by atoms with E-state index in [4.69, 9.17) is 42.6 Å². The maximum atomic E-state index is 6.63. The van der Waals surface area contributed by atoms with Crippen LogP contribution in [0, 0.1) is 0 Å². The van der Waals surface area contributed by atoms with E-state index in [0.717, 1.165) is 67.5 Å². The molecule has 270 valence electrons. The highest BCUT2D eigenvalue weighted by Crippen LogP contribution is 2.39. The predicted octanol–water partition coefficient (Wildman–Crippen LogP) is 5.99. The summed E-state index contributed by atoms with van der Waals surface area (Å²) in [6.07, 6.45) is 2.52. The van der Waals surface area contributed by atoms with E-state index in [-0.39, 0.29) is 0 Å². The van der Waals surface area contributed by atoms with E-state index in [1.54, 1.807) is 0 Å². The lowest BCUT2D eigenvalue weighted by atomic mass is 9.91. The first-order chi connectivity index (χ1) is 25.3. The van der Waals surface area contributed by atoms with E-state index in [9.17, 15) is 0 Å². The van der Waals surface area contributed by atoms with Crippen LogP contribution < -0.4 is 18.9 Å². The van der Waals surface area contributed by atoms with Gasteiger partial charge in [-0.1, -0.05) is 72.8 Å². The third-order valence-electron chi connectivity index (χ3n) is 9.25. The van der Waals surface area contributed by atoms with E-state index < -0.39 is 0 Å². The van der Waals surface area contributed by atoms with Crippen LogP contribution in [0.1, 0.15) is 44.5 Å². The van der Waals surface area contributed by atoms with Gasteiger partial charge in [0.2, 0.25) is 0 Å². The molecular formula is C42H48O9. The van der Waals surface area contributed by atoms with Crippen LogP contribution >= 0.6 is 0 Å². The maximum absolute atomic E-state index is 6.63. The summed E-state index contributed by atoms with van der Waals surface area (Å²) >= 11 is 0. The number of benzene rings is 4. The van der Waals surface area contributed by atoms with Gasteiger partial charge in [0, 0.05) is 25.7 Å². The average molecular weight is 697 g/mol. The number of ether oxygens (including phenoxy) is 9. The van der Waals surface area contributed by atoms with Crippen LogP contribution in [0.15, 0.2) is 72.8 Å². The van der Waals surface area contributed by atoms with E-state index in [2.05, 4.69) is 72.8 Å². The zero-order valence-electron chi connectivity index (χ0n) is 29.3. The van der Waals surface area contributed by atoms with Crippen molar-refractivity contribution in [2.45, 2.75) is 25.7 Å². The first-order valence-electron chi connectivity index (χ1n) is 18.2. The van der Waals surface area contributed by atoms with Crippen LogP contribution in [-0.2, 0) is 49.4 Å². The van der Waals surface area contributed by atoms with Gasteiger partial charge in [-0.3, -0.25) is 0 Å². The summed E-state index contributed by atoms with van der Waals surface area (Å²) in [6, 6.07) is 25.7. The molecule has 0 fully saturated rings. The largest absolute Gasteiger partial charge is 0.491 e. The number of rotatable bonds is 0. The third kappa shape index (κ3) is 9.41. The predicted molar refractivity (Wildman–Crippen MR) is 193 cm³/mol. The zero-order chi connectivity index (χ0) is 34.5. The normalized spacial score (nSPS) is 18.2. The van der Waals surface area contributed by atoms with Crippen LogP contribution in [-0.4, -0.2) is 92.5 Å². The first kappa shape index (κ1) is 35.3. The van der Waals surface area contributed by atoms with Gasteiger partial charge < -0.3 is 42.6 Å². The quantitative estimate of drug-likeness (QED) is 0.194. The van der Waals surface area contributed by atoms with Crippen molar-refractivity contribution in [2.24, 2.45) is 0 Å². The molecule has 51 heavy (non-hydrogen) atoms. The molecule has 7 rings (SSSR count). The summed E-state index contributed by atoms with van der Waals surface area (Å²) in [6.45, 7) is 6.52. The molecule has 3 aliphatic rings. The van der Waals surface area contributed by atoms with E-state index in [1.165, 1.54) is 0 Å². The molecule has 12 bridgehead atoms. The Morgan fingerprint density at radius 2 is 0.412 bits per heavy atom. The van der Waals surface area contributed by atoms with E-state index in [0.29, 0.717) is 118 Å². The van der Waals surface area contributed by atoms with Crippen LogP contribution in [0.4, 0.5) is 0 Å². The van der Waals surface area contributed by atoms with Crippen LogP contribution in [0.25, 0.3) is 0 Å². The summed E-state index contributed by atoms with van der Waals surface area (Å²) in [4.78, 5) is 0. The molecule has 0 aromatic heterocycles. The molecule has 9 nitrogen and oxygen atoms in total. The van der Waals surface area contributed by atoms with Crippen molar-refractivity contribution in [2.75, 3.05) is 92.5 Å². The van der Waals surface area contributed by atoms with E-state index in [1.807, 2.05) is 0 Å². The van der Waals surface area contributed by atoms with Crippen LogP contribution in [0.3, 0.4) is 0 Å². The Morgan fingerprint density at radius 1 is 0.235 bits per heavy atom. The van der Waals surface area contributed by atoms with Crippen molar-refractivity contribution >= 4 is 0 Å². The molecular weight excluding hydrogens is 648 g/mol. The number of para-hydroxylation sites is 4. The highest BCUT2D eigenvalue weighted by Gasteiger charge is 2.22. The summed E-state index contributed by atoms with van der Waals surface area (Å²) in [5.74, 6) is 3.48. The minimum atomic E-state index is 0.415. The van der Waals surface area contributed by atoms with Gasteiger partial charge in [-0.15, -0.1) is 0 Å². The molecule has 1 aliphatic carbocycles. The average Bonchev–Trinajstić information content (AvgIpc) is 3.14. The summed E-state index contributed by atoms with van der Waals surface area (Å²) in [5, 5.41) is 0. The minimum Gasteiger partial charge on any atom is -0.491 e. The van der Waals surface area contributed by atoms with Crippen molar-refractivity contribution in [3.8, 4) is 23.0 Å². The topological polar surface area (TPSA) is 83.1 Å². The SMILES string of the molecule is c1cc2c3c(c1)Cc1cccc4c1OCCOCCOCCOc1c(cccc1C4)Cc1cccc(c1OCCOCCOCCOCCO3)C2. The smallest absolute Gasteiger partial charge is 0.126 e. The van der Waals surface area contributed by atoms with Crippen molar-refractivity contribution in [1.29, 1.82) is 0 Å². The Bertz CT molecular complexity index is 1600. The lowest BCUT2D eigenvalue weighted by Crippen LogP contribution is -2.16. The molecule has 0 spiro atoms. The molecule has 0 amide bonds. The molecule has 0 atom stereocenters. The van der Waals surface area contributed by atoms with Crippen molar-refractivity contribution in [3.05, 3.63) is 117 Å². The van der Waals surface area contributed by atoms with Gasteiger partial charge in [-0.25, -0.2) is 0 Å². The van der Waals surface area contributed by atoms with E-state index >= 15 is 0 Å². The fraction of sp³-hybridized carbons (Fsp3) is 0.429. The Hall–Kier alpha value is -4.12. The van der Waals surface area contributed by atoms with Gasteiger partial charge in [-0.2, -0.15) is 0 Å². The summed E-state index contributed by atoms with van der Waals surface area (Å²) in [5.41, 5.74) is 8.68. The van der Waals surface area contributed by atoms with Crippen LogP contribution in [0.2, 0.25) is 0 Å². The molecule has 0 unspecified atom stereocenters. The molecule has 0 N–H and O–H groups in total. The van der Waals surface area contributed by atoms with Gasteiger partial charge in [-0.05, 0) is 44.5 Å². The standard InChI is InChI=1S/C42H48O9/c1-5-31-27-32-6-2-8-34-29-36-10-4-12-38-30-37-11-3-9-35(41(37)50-25-21-46-17-18-47-22-26-51-42(36)38)28-33(7-1)39(31)48-23-19-44-15-13-43-14-16-45-20-24-49-40(32)34/h1-12H,13-30H2. The number of hydrogen-bond donors (Lipinski definition) is 0. The molecule has 4 aromatic carbocycles. The zero-order valence-corrected chi connectivity index (χ0v) is 29.3. The van der Waals surface area contributed by atoms with Gasteiger partial charge in [0.1, 0.15) is 49.4 Å². The van der Waals surface area contributed by atoms with Gasteiger partial charge in [0.15, 0.2) is 0 Å². The fourth-order valence-electron chi connectivity index (χ4n) is 6.90. The Morgan fingerprint density at radius 3 is 0.608 bits per heavy atom. The Labute approximate surface area is 300 Å². The van der Waals surface area contributed by atoms with Crippen molar-refractivity contribution in [3.63, 3.8) is 0 Å². The van der Waals surface area contributed by atoms with Crippen molar-refractivity contribution in [1.82, 2.24) is 0 Å². The maximum Gasteiger partial charge on any atom is 0.126 e. The minimum absolute atomic E-state index is 0.415. The second kappa shape index (κ2) is 18.4. The first-order valence-corrected chi connectivity index (χ1v) is 18.2. The fourth-order valence-corrected chi connectivity index (χ4v) is 6.90. The Balaban J connectivity index is 1.38. The molecule has 0 radical (unpaired) electrons. The molecule has 2 aliphatic heterocycles. The molecule has 4 aromatic rings. The third-order valence-corrected chi connectivity index (χ3v) is 9.25. The van der Waals surface area contributed by atoms with Crippen LogP contribution in [0.5, 0.6) is 23.0 Å². The number of hydrogen-bond acceptors (Lipinski definition) is 9. The Kier molecular flexibility index (Phi) is 12.7. The monoisotopic (exact) mass is 696 g/mol. The van der Waals surface area contributed by atoms with Crippen molar-refractivity contribution < 1.29 is 42.6 Å². The highest BCUT2D eigenvalue weighted by atomic mass is 16.6. The molecule has 2 heterocycles. The summed E-state index contributed by atoms with van der Waals surface area (Å²) in [7, 11) is 0. The highest BCUT2D eigenvalue weighted by molar-refractivity contribution is 5.56. The molecule has 9 heteroatoms. The van der Waals surface area contributed by atoms with Gasteiger partial charge >= 0.3 is 0 Å².